The molecule has 0 aliphatic carbocycles. The Labute approximate surface area is 334 Å². The number of hydrogen-bond donors (Lipinski definition) is 2. The van der Waals surface area contributed by atoms with Crippen molar-refractivity contribution in [2.45, 2.75) is 58.7 Å². The lowest BCUT2D eigenvalue weighted by molar-refractivity contribution is -0.136. The van der Waals surface area contributed by atoms with E-state index in [0.717, 1.165) is 48.6 Å². The van der Waals surface area contributed by atoms with Crippen LogP contribution in [0.5, 0.6) is 5.88 Å². The third-order valence-corrected chi connectivity index (χ3v) is 11.7. The first-order valence-electron chi connectivity index (χ1n) is 19.9. The van der Waals surface area contributed by atoms with Gasteiger partial charge >= 0.3 is 0 Å². The first kappa shape index (κ1) is 37.4. The number of ether oxygens (including phenoxy) is 1. The summed E-state index contributed by atoms with van der Waals surface area (Å²) in [6.45, 7) is 8.64. The Bertz CT molecular complexity index is 2390. The molecule has 1 unspecified atom stereocenters. The highest BCUT2D eigenvalue weighted by molar-refractivity contribution is 6.19. The van der Waals surface area contributed by atoms with E-state index in [0.29, 0.717) is 72.7 Å². The molecule has 2 aromatic heterocycles. The number of anilines is 3. The topological polar surface area (TPSA) is 158 Å². The zero-order chi connectivity index (χ0) is 40.2. The van der Waals surface area contributed by atoms with Gasteiger partial charge in [0.15, 0.2) is 0 Å². The molecular weight excluding hydrogens is 744 g/mol. The second kappa shape index (κ2) is 15.0. The van der Waals surface area contributed by atoms with Crippen molar-refractivity contribution in [2.24, 2.45) is 18.0 Å². The molecule has 2 fully saturated rings. The fourth-order valence-electron chi connectivity index (χ4n) is 8.65. The van der Waals surface area contributed by atoms with Crippen molar-refractivity contribution in [3.8, 4) is 17.1 Å². The minimum atomic E-state index is -0.745. The third-order valence-electron chi connectivity index (χ3n) is 11.7. The summed E-state index contributed by atoms with van der Waals surface area (Å²) in [5.41, 5.74) is 6.77. The monoisotopic (exact) mass is 788 g/mol. The van der Waals surface area contributed by atoms with Crippen LogP contribution in [0.4, 0.5) is 21.5 Å². The third kappa shape index (κ3) is 7.05. The van der Waals surface area contributed by atoms with Crippen LogP contribution < -0.4 is 25.2 Å². The van der Waals surface area contributed by atoms with Gasteiger partial charge in [-0.15, -0.1) is 0 Å². The molecule has 2 bridgehead atoms. The number of piperazine rings is 1. The van der Waals surface area contributed by atoms with Crippen LogP contribution in [-0.2, 0) is 29.7 Å². The molecule has 58 heavy (non-hydrogen) atoms. The fraction of sp³-hybridized carbons (Fsp3) is 0.405. The number of piperidine rings is 1. The first-order valence-corrected chi connectivity index (χ1v) is 19.9. The number of fused-ring (bicyclic) bond motifs is 8. The van der Waals surface area contributed by atoms with Crippen LogP contribution in [0.1, 0.15) is 70.1 Å². The van der Waals surface area contributed by atoms with Crippen molar-refractivity contribution >= 4 is 46.7 Å². The van der Waals surface area contributed by atoms with Gasteiger partial charge in [0.25, 0.3) is 11.8 Å². The average molecular weight is 789 g/mol. The normalized spacial score (nSPS) is 22.1. The number of nitrogens with zero attached hydrogens (tertiary/aromatic N) is 8. The van der Waals surface area contributed by atoms with Crippen molar-refractivity contribution in [2.75, 3.05) is 54.4 Å². The lowest BCUT2D eigenvalue weighted by Gasteiger charge is -2.36. The summed E-state index contributed by atoms with van der Waals surface area (Å²) < 4.78 is 23.4. The van der Waals surface area contributed by atoms with E-state index in [1.54, 1.807) is 29.1 Å². The van der Waals surface area contributed by atoms with Gasteiger partial charge in [0.05, 0.1) is 35.4 Å². The predicted molar refractivity (Wildman–Crippen MR) is 214 cm³/mol. The summed E-state index contributed by atoms with van der Waals surface area (Å²) >= 11 is 0. The number of carbonyl (C=O) groups is 4. The number of imide groups is 1. The van der Waals surface area contributed by atoms with Crippen LogP contribution in [0.2, 0.25) is 0 Å². The summed E-state index contributed by atoms with van der Waals surface area (Å²) in [4.78, 5) is 68.5. The maximum absolute atomic E-state index is 15.5. The number of hydrogen-bond acceptors (Lipinski definition) is 11. The van der Waals surface area contributed by atoms with Gasteiger partial charge in [0.2, 0.25) is 23.7 Å². The van der Waals surface area contributed by atoms with Crippen LogP contribution >= 0.6 is 0 Å². The molecule has 300 valence electrons. The molecule has 5 aliphatic heterocycles. The molecule has 0 saturated carbocycles. The molecule has 16 heteroatoms. The van der Waals surface area contributed by atoms with E-state index in [4.69, 9.17) is 9.72 Å². The maximum Gasteiger partial charge on any atom is 0.280 e. The zero-order valence-corrected chi connectivity index (χ0v) is 32.8. The highest BCUT2D eigenvalue weighted by Crippen LogP contribution is 2.38. The Morgan fingerprint density at radius 2 is 1.79 bits per heavy atom. The van der Waals surface area contributed by atoms with E-state index in [9.17, 15) is 19.2 Å². The molecule has 15 nitrogen and oxygen atoms in total. The Hall–Kier alpha value is -6.16. The number of carbonyl (C=O) groups excluding carboxylic acids is 4. The van der Waals surface area contributed by atoms with Crippen molar-refractivity contribution < 1.29 is 28.3 Å². The Balaban J connectivity index is 0.900. The number of nitrogens with one attached hydrogen (secondary N) is 2. The van der Waals surface area contributed by atoms with Gasteiger partial charge in [-0.2, -0.15) is 10.1 Å². The fourth-order valence-corrected chi connectivity index (χ4v) is 8.65. The standard InChI is InChI=1S/C42H45FN10O5/c1-24-5-4-14-58-41-31(20-44-49(41)3)34-17-26(15-25(2)45-34)38(55)48-42-46-33-7-6-29(18-36(33)53(42)21-24)51-12-10-50(11-13-51)22-28-16-27-23-52(40(57)30(27)19-32(28)43)35-8-9-37(54)47-39(35)56/h6-7,15-20,24,35H,4-5,8-14,21-23H2,1-3H3,(H,46,48,55)(H,47,54,56)/t24-,35?/m1/s1. The van der Waals surface area contributed by atoms with Gasteiger partial charge in [-0.25, -0.2) is 9.07 Å². The van der Waals surface area contributed by atoms with Crippen LogP contribution in [0, 0.1) is 18.7 Å². The lowest BCUT2D eigenvalue weighted by Crippen LogP contribution is -2.52. The van der Waals surface area contributed by atoms with Gasteiger partial charge in [0.1, 0.15) is 11.9 Å². The number of halogens is 1. The summed E-state index contributed by atoms with van der Waals surface area (Å²) in [6.07, 6.45) is 3.86. The summed E-state index contributed by atoms with van der Waals surface area (Å²) in [5, 5.41) is 10.1. The predicted octanol–water partition coefficient (Wildman–Crippen LogP) is 4.25. The highest BCUT2D eigenvalue weighted by atomic mass is 19.1. The number of aryl methyl sites for hydroxylation is 2. The molecule has 9 rings (SSSR count). The van der Waals surface area contributed by atoms with Crippen LogP contribution in [0.25, 0.3) is 11.3 Å². The molecule has 0 radical (unpaired) electrons. The van der Waals surface area contributed by atoms with Crippen molar-refractivity contribution in [1.29, 1.82) is 0 Å². The van der Waals surface area contributed by atoms with Crippen LogP contribution in [-0.4, -0.2) is 99.5 Å². The van der Waals surface area contributed by atoms with E-state index >= 15 is 4.39 Å². The SMILES string of the molecule is Cc1cc2cc(n1)-c1cnn(C)c1OCCC[C@@H](C)CN1/C(=N/C2=O)Nc2ccc(N3CCN(Cc4cc5c(cc4F)C(=O)N(C4CCC(=O)NC4=O)C5)CC3)cc21. The maximum atomic E-state index is 15.5. The molecular formula is C42H45FN10O5. The minimum absolute atomic E-state index is 0.163. The number of pyridine rings is 1. The second-order valence-corrected chi connectivity index (χ2v) is 15.9. The first-order chi connectivity index (χ1) is 28.0. The molecule has 2 aromatic carbocycles. The molecule has 5 aliphatic rings. The summed E-state index contributed by atoms with van der Waals surface area (Å²) in [5.74, 6) is -0.697. The van der Waals surface area contributed by atoms with E-state index in [1.807, 2.05) is 20.0 Å². The quantitative estimate of drug-likeness (QED) is 0.285. The molecule has 2 saturated heterocycles. The molecule has 2 N–H and O–H groups in total. The van der Waals surface area contributed by atoms with Gasteiger partial charge in [0, 0.05) is 87.4 Å². The van der Waals surface area contributed by atoms with Crippen LogP contribution in [0.15, 0.2) is 53.7 Å². The van der Waals surface area contributed by atoms with E-state index in [2.05, 4.69) is 54.5 Å². The summed E-state index contributed by atoms with van der Waals surface area (Å²) in [7, 11) is 1.83. The number of amides is 4. The average Bonchev–Trinajstić information content (AvgIpc) is 3.84. The van der Waals surface area contributed by atoms with Crippen LogP contribution in [0.3, 0.4) is 0 Å². The second-order valence-electron chi connectivity index (χ2n) is 15.9. The number of guanidine groups is 1. The Morgan fingerprint density at radius 3 is 2.60 bits per heavy atom. The smallest absolute Gasteiger partial charge is 0.280 e. The molecule has 4 amide bonds. The van der Waals surface area contributed by atoms with Gasteiger partial charge in [-0.3, -0.25) is 34.4 Å². The number of aliphatic imine (C=N–C) groups is 1. The van der Waals surface area contributed by atoms with E-state index in [1.165, 1.54) is 11.0 Å². The molecule has 7 heterocycles. The Morgan fingerprint density at radius 1 is 0.966 bits per heavy atom. The van der Waals surface area contributed by atoms with E-state index < -0.39 is 17.8 Å². The van der Waals surface area contributed by atoms with Gasteiger partial charge in [-0.1, -0.05) is 6.92 Å². The van der Waals surface area contributed by atoms with Gasteiger partial charge < -0.3 is 24.8 Å². The molecule has 2 atom stereocenters. The lowest BCUT2D eigenvalue weighted by atomic mass is 10.0. The number of benzene rings is 2. The minimum Gasteiger partial charge on any atom is -0.477 e. The van der Waals surface area contributed by atoms with Gasteiger partial charge in [-0.05, 0) is 80.1 Å². The molecule has 4 aromatic rings. The summed E-state index contributed by atoms with van der Waals surface area (Å²) in [6, 6.07) is 12.0. The number of aromatic nitrogens is 3. The van der Waals surface area contributed by atoms with E-state index in [-0.39, 0.29) is 48.6 Å². The highest BCUT2D eigenvalue weighted by Gasteiger charge is 2.40. The van der Waals surface area contributed by atoms with Crippen molar-refractivity contribution in [3.63, 3.8) is 0 Å². The number of rotatable bonds is 4. The largest absolute Gasteiger partial charge is 0.477 e. The Kier molecular flexibility index (Phi) is 9.66. The molecule has 0 spiro atoms. The van der Waals surface area contributed by atoms with Crippen molar-refractivity contribution in [1.82, 2.24) is 29.9 Å². The van der Waals surface area contributed by atoms with Crippen molar-refractivity contribution in [3.05, 3.63) is 82.4 Å². The zero-order valence-electron chi connectivity index (χ0n) is 32.8.